The second-order valence-corrected chi connectivity index (χ2v) is 7.96. The van der Waals surface area contributed by atoms with Gasteiger partial charge >= 0.3 is 0 Å². The topological polar surface area (TPSA) is 51.5 Å². The Morgan fingerprint density at radius 2 is 1.86 bits per heavy atom. The molecule has 0 aliphatic heterocycles. The molecule has 4 nitrogen and oxygen atoms in total. The molecule has 0 saturated heterocycles. The van der Waals surface area contributed by atoms with Crippen LogP contribution in [0.3, 0.4) is 0 Å². The Morgan fingerprint density at radius 1 is 1.10 bits per heavy atom. The summed E-state index contributed by atoms with van der Waals surface area (Å²) < 4.78 is 11.7. The molecule has 0 fully saturated rings. The molecule has 0 aliphatic carbocycles. The van der Waals surface area contributed by atoms with Gasteiger partial charge in [-0.15, -0.1) is 0 Å². The number of furan rings is 1. The number of ether oxygens (including phenoxy) is 1. The van der Waals surface area contributed by atoms with Crippen molar-refractivity contribution in [1.82, 2.24) is 0 Å². The van der Waals surface area contributed by atoms with Crippen molar-refractivity contribution < 1.29 is 13.9 Å². The van der Waals surface area contributed by atoms with E-state index in [1.54, 1.807) is 12.1 Å². The molecule has 3 aromatic rings. The maximum atomic E-state index is 12.5. The lowest BCUT2D eigenvalue weighted by Gasteiger charge is -2.15. The van der Waals surface area contributed by atoms with E-state index >= 15 is 0 Å². The van der Waals surface area contributed by atoms with Crippen molar-refractivity contribution in [3.63, 3.8) is 0 Å². The minimum atomic E-state index is -0.282. The molecule has 5 heteroatoms. The number of rotatable bonds is 6. The van der Waals surface area contributed by atoms with E-state index in [-0.39, 0.29) is 24.2 Å². The van der Waals surface area contributed by atoms with E-state index in [4.69, 9.17) is 20.8 Å². The van der Waals surface area contributed by atoms with Crippen LogP contribution >= 0.6 is 11.6 Å². The number of aryl methyl sites for hydroxylation is 2. The van der Waals surface area contributed by atoms with Gasteiger partial charge in [0.2, 0.25) is 0 Å². The highest BCUT2D eigenvalue weighted by atomic mass is 35.5. The third-order valence-electron chi connectivity index (χ3n) is 5.02. The smallest absolute Gasteiger partial charge is 0.291 e. The first-order valence-corrected chi connectivity index (χ1v) is 10.0. The van der Waals surface area contributed by atoms with Crippen LogP contribution in [-0.4, -0.2) is 5.91 Å². The minimum absolute atomic E-state index is 0.234. The highest BCUT2D eigenvalue weighted by Crippen LogP contribution is 2.32. The van der Waals surface area contributed by atoms with E-state index in [9.17, 15) is 4.79 Å². The fourth-order valence-electron chi connectivity index (χ4n) is 3.04. The number of carbonyl (C=O) groups excluding carboxylic acids is 1. The molecule has 2 aromatic carbocycles. The first kappa shape index (κ1) is 21.0. The van der Waals surface area contributed by atoms with Crippen molar-refractivity contribution in [3.05, 3.63) is 81.3 Å². The Labute approximate surface area is 176 Å². The van der Waals surface area contributed by atoms with Crippen LogP contribution in [-0.2, 0) is 6.61 Å². The average molecular weight is 412 g/mol. The highest BCUT2D eigenvalue weighted by Gasteiger charge is 2.15. The van der Waals surface area contributed by atoms with Crippen LogP contribution in [0.5, 0.6) is 5.75 Å². The number of anilines is 1. The monoisotopic (exact) mass is 411 g/mol. The molecule has 152 valence electrons. The highest BCUT2D eigenvalue weighted by molar-refractivity contribution is 6.31. The number of hydrogen-bond donors (Lipinski definition) is 1. The molecule has 1 N–H and O–H groups in total. The molecule has 1 heterocycles. The number of benzene rings is 2. The summed E-state index contributed by atoms with van der Waals surface area (Å²) in [6.07, 6.45) is 0. The van der Waals surface area contributed by atoms with Crippen molar-refractivity contribution in [2.24, 2.45) is 0 Å². The number of nitrogens with one attached hydrogen (secondary N) is 1. The van der Waals surface area contributed by atoms with Gasteiger partial charge in [0, 0.05) is 10.7 Å². The van der Waals surface area contributed by atoms with E-state index in [1.165, 1.54) is 0 Å². The van der Waals surface area contributed by atoms with Gasteiger partial charge in [0.1, 0.15) is 18.1 Å². The lowest BCUT2D eigenvalue weighted by atomic mass is 10.0. The summed E-state index contributed by atoms with van der Waals surface area (Å²) in [7, 11) is 0. The van der Waals surface area contributed by atoms with Crippen molar-refractivity contribution in [2.45, 2.75) is 47.1 Å². The Hall–Kier alpha value is -2.72. The molecule has 29 heavy (non-hydrogen) atoms. The van der Waals surface area contributed by atoms with Gasteiger partial charge in [-0.25, -0.2) is 0 Å². The van der Waals surface area contributed by atoms with Crippen LogP contribution in [0.25, 0.3) is 0 Å². The summed E-state index contributed by atoms with van der Waals surface area (Å²) in [5, 5.41) is 3.63. The van der Waals surface area contributed by atoms with Crippen LogP contribution in [0, 0.1) is 20.8 Å². The molecule has 0 saturated carbocycles. The quantitative estimate of drug-likeness (QED) is 0.484. The number of amides is 1. The fraction of sp³-hybridized carbons (Fsp3) is 0.292. The molecular weight excluding hydrogens is 386 g/mol. The summed E-state index contributed by atoms with van der Waals surface area (Å²) in [5.74, 6) is 1.60. The maximum absolute atomic E-state index is 12.5. The van der Waals surface area contributed by atoms with E-state index in [0.717, 1.165) is 38.7 Å². The molecular formula is C24H26ClNO3. The average Bonchev–Trinajstić information content (AvgIpc) is 3.15. The number of carbonyl (C=O) groups is 1. The number of hydrogen-bond acceptors (Lipinski definition) is 3. The zero-order valence-electron chi connectivity index (χ0n) is 17.4. The zero-order chi connectivity index (χ0) is 21.1. The first-order valence-electron chi connectivity index (χ1n) is 9.65. The lowest BCUT2D eigenvalue weighted by Crippen LogP contribution is -2.12. The predicted octanol–water partition coefficient (Wildman–Crippen LogP) is 6.81. The summed E-state index contributed by atoms with van der Waals surface area (Å²) in [6, 6.07) is 13.1. The van der Waals surface area contributed by atoms with E-state index in [2.05, 4.69) is 19.2 Å². The van der Waals surface area contributed by atoms with Crippen LogP contribution in [0.2, 0.25) is 5.02 Å². The Morgan fingerprint density at radius 3 is 2.59 bits per heavy atom. The van der Waals surface area contributed by atoms with Crippen LogP contribution in [0.1, 0.15) is 58.3 Å². The van der Waals surface area contributed by atoms with Crippen LogP contribution < -0.4 is 10.1 Å². The molecule has 0 unspecified atom stereocenters. The third-order valence-corrected chi connectivity index (χ3v) is 5.43. The Bertz CT molecular complexity index is 1040. The van der Waals surface area contributed by atoms with Gasteiger partial charge in [-0.05, 0) is 79.3 Å². The van der Waals surface area contributed by atoms with Crippen molar-refractivity contribution in [3.8, 4) is 5.75 Å². The van der Waals surface area contributed by atoms with Crippen molar-refractivity contribution in [2.75, 3.05) is 5.32 Å². The maximum Gasteiger partial charge on any atom is 0.291 e. The summed E-state index contributed by atoms with van der Waals surface area (Å²) in [5.41, 5.74) is 4.94. The molecule has 3 rings (SSSR count). The van der Waals surface area contributed by atoms with Gasteiger partial charge in [0.15, 0.2) is 5.76 Å². The number of halogens is 1. The van der Waals surface area contributed by atoms with Gasteiger partial charge in [0.05, 0.1) is 0 Å². The SMILES string of the molecule is Cc1cc(OCc2ccc(C(=O)Nc3cccc(C)c3C)o2)c(C(C)C)cc1Cl. The van der Waals surface area contributed by atoms with Gasteiger partial charge in [-0.2, -0.15) is 0 Å². The molecule has 1 aromatic heterocycles. The molecule has 0 atom stereocenters. The van der Waals surface area contributed by atoms with Crippen molar-refractivity contribution >= 4 is 23.2 Å². The van der Waals surface area contributed by atoms with Crippen LogP contribution in [0.15, 0.2) is 46.9 Å². The third kappa shape index (κ3) is 4.83. The summed E-state index contributed by atoms with van der Waals surface area (Å²) in [4.78, 5) is 12.5. The van der Waals surface area contributed by atoms with E-state index in [1.807, 2.05) is 51.1 Å². The van der Waals surface area contributed by atoms with Gasteiger partial charge in [-0.1, -0.05) is 37.6 Å². The summed E-state index contributed by atoms with van der Waals surface area (Å²) >= 11 is 6.25. The van der Waals surface area contributed by atoms with Gasteiger partial charge in [0.25, 0.3) is 5.91 Å². The van der Waals surface area contributed by atoms with Gasteiger partial charge < -0.3 is 14.5 Å². The molecule has 0 radical (unpaired) electrons. The fourth-order valence-corrected chi connectivity index (χ4v) is 3.22. The second kappa shape index (κ2) is 8.75. The molecule has 0 bridgehead atoms. The van der Waals surface area contributed by atoms with E-state index in [0.29, 0.717) is 5.76 Å². The summed E-state index contributed by atoms with van der Waals surface area (Å²) in [6.45, 7) is 10.4. The normalized spacial score (nSPS) is 11.0. The van der Waals surface area contributed by atoms with Crippen molar-refractivity contribution in [1.29, 1.82) is 0 Å². The lowest BCUT2D eigenvalue weighted by molar-refractivity contribution is 0.0992. The molecule has 1 amide bonds. The molecule has 0 aliphatic rings. The Kier molecular flexibility index (Phi) is 6.33. The largest absolute Gasteiger partial charge is 0.485 e. The second-order valence-electron chi connectivity index (χ2n) is 7.55. The zero-order valence-corrected chi connectivity index (χ0v) is 18.2. The standard InChI is InChI=1S/C24H26ClNO3/c1-14(2)19-12-20(25)16(4)11-23(19)28-13-18-9-10-22(29-18)24(27)26-21-8-6-7-15(3)17(21)5/h6-12,14H,13H2,1-5H3,(H,26,27). The van der Waals surface area contributed by atoms with E-state index < -0.39 is 0 Å². The molecule has 0 spiro atoms. The van der Waals surface area contributed by atoms with Gasteiger partial charge in [-0.3, -0.25) is 4.79 Å². The Balaban J connectivity index is 1.70. The van der Waals surface area contributed by atoms with Crippen LogP contribution in [0.4, 0.5) is 5.69 Å². The first-order chi connectivity index (χ1) is 13.8. The predicted molar refractivity (Wildman–Crippen MR) is 117 cm³/mol. The minimum Gasteiger partial charge on any atom is -0.485 e.